The number of hydrogen-bond acceptors (Lipinski definition) is 4. The van der Waals surface area contributed by atoms with Gasteiger partial charge >= 0.3 is 5.97 Å². The minimum Gasteiger partial charge on any atom is -0.480 e. The molecule has 1 heterocycles. The molecular weight excluding hydrogens is 480 g/mol. The van der Waals surface area contributed by atoms with Crippen LogP contribution in [0.1, 0.15) is 18.1 Å². The maximum Gasteiger partial charge on any atom is 0.326 e. The highest BCUT2D eigenvalue weighted by molar-refractivity contribution is 9.10. The molecule has 0 saturated carbocycles. The number of aromatic nitrogens is 1. The second-order valence-electron chi connectivity index (χ2n) is 7.30. The van der Waals surface area contributed by atoms with Gasteiger partial charge in [0.1, 0.15) is 6.04 Å². The molecule has 2 atom stereocenters. The lowest BCUT2D eigenvalue weighted by Crippen LogP contribution is -2.46. The van der Waals surface area contributed by atoms with Crippen molar-refractivity contribution in [2.45, 2.75) is 25.8 Å². The first-order valence-electron chi connectivity index (χ1n) is 9.79. The molecule has 1 unspecified atom stereocenters. The van der Waals surface area contributed by atoms with E-state index in [1.54, 1.807) is 6.20 Å². The van der Waals surface area contributed by atoms with Gasteiger partial charge in [0, 0.05) is 40.7 Å². The van der Waals surface area contributed by atoms with E-state index in [0.717, 1.165) is 38.3 Å². The smallest absolute Gasteiger partial charge is 0.326 e. The van der Waals surface area contributed by atoms with E-state index in [1.807, 2.05) is 48.5 Å². The number of aromatic amines is 1. The number of carboxylic acid groups (broad SMARTS) is 1. The molecule has 1 amide bonds. The molecule has 0 aliphatic rings. The van der Waals surface area contributed by atoms with Gasteiger partial charge in [-0.25, -0.2) is 4.79 Å². The molecule has 3 rings (SSSR count). The predicted molar refractivity (Wildman–Crippen MR) is 126 cm³/mol. The Bertz CT molecular complexity index is 1100. The van der Waals surface area contributed by atoms with Gasteiger partial charge in [-0.15, -0.1) is 0 Å². The molecule has 0 bridgehead atoms. The van der Waals surface area contributed by atoms with Crippen molar-refractivity contribution in [3.05, 3.63) is 70.3 Å². The van der Waals surface area contributed by atoms with Crippen LogP contribution >= 0.6 is 27.7 Å². The number of thioether (sulfide) groups is 1. The second-order valence-corrected chi connectivity index (χ2v) is 9.41. The molecule has 1 aromatic heterocycles. The zero-order valence-corrected chi connectivity index (χ0v) is 19.3. The lowest BCUT2D eigenvalue weighted by atomic mass is 9.99. The topological polar surface area (TPSA) is 99.3 Å². The first kappa shape index (κ1) is 23.1. The highest BCUT2D eigenvalue weighted by Crippen LogP contribution is 2.21. The van der Waals surface area contributed by atoms with E-state index in [9.17, 15) is 19.5 Å². The molecule has 2 aromatic carbocycles. The standard InChI is InChI=1S/C23H23BrN2O4S/c1-14(27)31-13-17(9-15-5-4-6-18(24)10-15)22(28)26-21(23(29)30)11-16-12-25-20-8-3-2-7-19(16)20/h2-8,10,12,17,21,25H,9,11,13H2,1H3,(H,26,28)(H,29,30)/t17?,21-/m0/s1. The molecule has 0 aliphatic carbocycles. The summed E-state index contributed by atoms with van der Waals surface area (Å²) in [6.45, 7) is 1.45. The first-order chi connectivity index (χ1) is 14.8. The zero-order chi connectivity index (χ0) is 22.4. The Kier molecular flexibility index (Phi) is 7.92. The van der Waals surface area contributed by atoms with Crippen LogP contribution in [0.4, 0.5) is 0 Å². The summed E-state index contributed by atoms with van der Waals surface area (Å²) in [5, 5.41) is 13.3. The quantitative estimate of drug-likeness (QED) is 0.407. The van der Waals surface area contributed by atoms with Crippen LogP contribution in [0.25, 0.3) is 10.9 Å². The van der Waals surface area contributed by atoms with Gasteiger partial charge in [0.2, 0.25) is 5.91 Å². The number of H-pyrrole nitrogens is 1. The number of rotatable bonds is 9. The predicted octanol–water partition coefficient (Wildman–Crippen LogP) is 4.18. The van der Waals surface area contributed by atoms with Crippen LogP contribution in [0.15, 0.2) is 59.2 Å². The minimum atomic E-state index is -1.10. The van der Waals surface area contributed by atoms with Gasteiger partial charge in [0.05, 0.1) is 5.92 Å². The molecule has 0 spiro atoms. The minimum absolute atomic E-state index is 0.0828. The summed E-state index contributed by atoms with van der Waals surface area (Å²) >= 11 is 4.49. The molecule has 6 nitrogen and oxygen atoms in total. The van der Waals surface area contributed by atoms with Crippen molar-refractivity contribution in [1.29, 1.82) is 0 Å². The Morgan fingerprint density at radius 1 is 1.13 bits per heavy atom. The van der Waals surface area contributed by atoms with Crippen molar-refractivity contribution in [1.82, 2.24) is 10.3 Å². The number of carboxylic acids is 1. The Balaban J connectivity index is 1.76. The molecule has 3 N–H and O–H groups in total. The number of carbonyl (C=O) groups is 3. The van der Waals surface area contributed by atoms with Gasteiger partial charge in [-0.3, -0.25) is 9.59 Å². The fraction of sp³-hybridized carbons (Fsp3) is 0.261. The maximum absolute atomic E-state index is 13.0. The summed E-state index contributed by atoms with van der Waals surface area (Å²) in [7, 11) is 0. The molecule has 0 saturated heterocycles. The highest BCUT2D eigenvalue weighted by Gasteiger charge is 2.27. The van der Waals surface area contributed by atoms with Crippen LogP contribution in [-0.4, -0.2) is 38.9 Å². The summed E-state index contributed by atoms with van der Waals surface area (Å²) in [6, 6.07) is 14.2. The molecule has 3 aromatic rings. The van der Waals surface area contributed by atoms with Crippen LogP contribution in [0.2, 0.25) is 0 Å². The number of halogens is 1. The van der Waals surface area contributed by atoms with Crippen LogP contribution < -0.4 is 5.32 Å². The third-order valence-electron chi connectivity index (χ3n) is 4.94. The molecule has 0 aliphatic heterocycles. The molecule has 8 heteroatoms. The fourth-order valence-electron chi connectivity index (χ4n) is 3.40. The lowest BCUT2D eigenvalue weighted by Gasteiger charge is -2.20. The van der Waals surface area contributed by atoms with Gasteiger partial charge in [0.25, 0.3) is 0 Å². The number of aliphatic carboxylic acids is 1. The maximum atomic E-state index is 13.0. The van der Waals surface area contributed by atoms with Gasteiger partial charge in [0.15, 0.2) is 5.12 Å². The van der Waals surface area contributed by atoms with Crippen molar-refractivity contribution in [3.8, 4) is 0 Å². The monoisotopic (exact) mass is 502 g/mol. The van der Waals surface area contributed by atoms with E-state index >= 15 is 0 Å². The SMILES string of the molecule is CC(=O)SCC(Cc1cccc(Br)c1)C(=O)N[C@@H](Cc1c[nH]c2ccccc12)C(=O)O. The van der Waals surface area contributed by atoms with Crippen molar-refractivity contribution >= 4 is 55.6 Å². The highest BCUT2D eigenvalue weighted by atomic mass is 79.9. The Morgan fingerprint density at radius 3 is 2.61 bits per heavy atom. The second kappa shape index (κ2) is 10.6. The summed E-state index contributed by atoms with van der Waals surface area (Å²) in [6.07, 6.45) is 2.34. The third kappa shape index (κ3) is 6.45. The van der Waals surface area contributed by atoms with E-state index < -0.39 is 17.9 Å². The van der Waals surface area contributed by atoms with Crippen molar-refractivity contribution in [2.24, 2.45) is 5.92 Å². The van der Waals surface area contributed by atoms with E-state index in [2.05, 4.69) is 26.2 Å². The molecular formula is C23H23BrN2O4S. The van der Waals surface area contributed by atoms with E-state index in [-0.39, 0.29) is 23.2 Å². The van der Waals surface area contributed by atoms with Gasteiger partial charge in [-0.2, -0.15) is 0 Å². The summed E-state index contributed by atoms with van der Waals surface area (Å²) in [5.41, 5.74) is 2.67. The van der Waals surface area contributed by atoms with Gasteiger partial charge < -0.3 is 15.4 Å². The van der Waals surface area contributed by atoms with Crippen LogP contribution in [0.3, 0.4) is 0 Å². The van der Waals surface area contributed by atoms with E-state index in [0.29, 0.717) is 6.42 Å². The van der Waals surface area contributed by atoms with E-state index in [4.69, 9.17) is 0 Å². The summed E-state index contributed by atoms with van der Waals surface area (Å²) < 4.78 is 0.895. The van der Waals surface area contributed by atoms with Crippen LogP contribution in [0, 0.1) is 5.92 Å². The van der Waals surface area contributed by atoms with Gasteiger partial charge in [-0.05, 0) is 35.7 Å². The van der Waals surface area contributed by atoms with Crippen molar-refractivity contribution in [3.63, 3.8) is 0 Å². The number of hydrogen-bond donors (Lipinski definition) is 3. The van der Waals surface area contributed by atoms with E-state index in [1.165, 1.54) is 6.92 Å². The van der Waals surface area contributed by atoms with Crippen molar-refractivity contribution in [2.75, 3.05) is 5.75 Å². The molecule has 162 valence electrons. The molecule has 0 fully saturated rings. The average molecular weight is 503 g/mol. The number of carbonyl (C=O) groups excluding carboxylic acids is 2. The summed E-state index contributed by atoms with van der Waals surface area (Å²) in [4.78, 5) is 39.5. The Morgan fingerprint density at radius 2 is 1.90 bits per heavy atom. The number of benzene rings is 2. The fourth-order valence-corrected chi connectivity index (χ4v) is 4.56. The Labute approximate surface area is 192 Å². The van der Waals surface area contributed by atoms with Crippen LogP contribution in [-0.2, 0) is 27.2 Å². The number of fused-ring (bicyclic) bond motifs is 1. The summed E-state index contributed by atoms with van der Waals surface area (Å²) in [5.74, 6) is -1.72. The largest absolute Gasteiger partial charge is 0.480 e. The third-order valence-corrected chi connectivity index (χ3v) is 6.41. The first-order valence-corrected chi connectivity index (χ1v) is 11.6. The number of para-hydroxylation sites is 1. The average Bonchev–Trinajstić information content (AvgIpc) is 3.13. The molecule has 0 radical (unpaired) electrons. The lowest BCUT2D eigenvalue weighted by molar-refractivity contribution is -0.142. The molecule has 31 heavy (non-hydrogen) atoms. The van der Waals surface area contributed by atoms with Crippen LogP contribution in [0.5, 0.6) is 0 Å². The normalized spacial score (nSPS) is 13.0. The number of amides is 1. The van der Waals surface area contributed by atoms with Gasteiger partial charge in [-0.1, -0.05) is 58.0 Å². The Hall–Kier alpha value is -2.58. The zero-order valence-electron chi connectivity index (χ0n) is 16.9. The van der Waals surface area contributed by atoms with Crippen molar-refractivity contribution < 1.29 is 19.5 Å². The number of nitrogens with one attached hydrogen (secondary N) is 2.